The molecule has 0 saturated heterocycles. The molecule has 0 aliphatic rings. The van der Waals surface area contributed by atoms with Crippen LogP contribution in [0.5, 0.6) is 0 Å². The predicted molar refractivity (Wildman–Crippen MR) is 111 cm³/mol. The Bertz CT molecular complexity index is 992. The number of ether oxygens (including phenoxy) is 1. The van der Waals surface area contributed by atoms with Gasteiger partial charge in [0, 0.05) is 11.2 Å². The maximum Gasteiger partial charge on any atom is 0.338 e. The number of amides is 1. The predicted octanol–water partition coefficient (Wildman–Crippen LogP) is 3.26. The molecule has 0 bridgehead atoms. The highest BCUT2D eigenvalue weighted by atomic mass is 32.2. The molecular formula is C21H26N2O5S. The number of anilines is 1. The molecule has 29 heavy (non-hydrogen) atoms. The Balaban J connectivity index is 2.08. The molecule has 2 N–H and O–H groups in total. The highest BCUT2D eigenvalue weighted by molar-refractivity contribution is 7.89. The van der Waals surface area contributed by atoms with Gasteiger partial charge in [-0.15, -0.1) is 0 Å². The fourth-order valence-electron chi connectivity index (χ4n) is 2.42. The zero-order valence-electron chi connectivity index (χ0n) is 17.1. The molecule has 0 saturated carbocycles. The molecule has 2 aromatic carbocycles. The van der Waals surface area contributed by atoms with Gasteiger partial charge in [0.05, 0.1) is 10.5 Å². The van der Waals surface area contributed by atoms with Gasteiger partial charge in [0.2, 0.25) is 10.0 Å². The number of aryl methyl sites for hydroxylation is 1. The molecule has 7 nitrogen and oxygen atoms in total. The fraction of sp³-hybridized carbons (Fsp3) is 0.333. The van der Waals surface area contributed by atoms with Gasteiger partial charge >= 0.3 is 5.97 Å². The van der Waals surface area contributed by atoms with Crippen LogP contribution >= 0.6 is 0 Å². The molecular weight excluding hydrogens is 392 g/mol. The highest BCUT2D eigenvalue weighted by Crippen LogP contribution is 2.16. The van der Waals surface area contributed by atoms with Crippen molar-refractivity contribution in [2.45, 2.75) is 51.2 Å². The Morgan fingerprint density at radius 2 is 1.66 bits per heavy atom. The Kier molecular flexibility index (Phi) is 6.81. The van der Waals surface area contributed by atoms with E-state index in [2.05, 4.69) is 10.0 Å². The lowest BCUT2D eigenvalue weighted by Gasteiger charge is -2.20. The Morgan fingerprint density at radius 1 is 1.03 bits per heavy atom. The van der Waals surface area contributed by atoms with E-state index in [1.807, 2.05) is 19.1 Å². The molecule has 0 aliphatic heterocycles. The van der Waals surface area contributed by atoms with Gasteiger partial charge in [-0.25, -0.2) is 17.9 Å². The number of hydrogen-bond donors (Lipinski definition) is 2. The number of carbonyl (C=O) groups excluding carboxylic acids is 2. The molecule has 156 valence electrons. The Labute approximate surface area is 171 Å². The van der Waals surface area contributed by atoms with Crippen molar-refractivity contribution < 1.29 is 22.7 Å². The van der Waals surface area contributed by atoms with Gasteiger partial charge in [-0.05, 0) is 65.0 Å². The normalized spacial score (nSPS) is 12.9. The molecule has 2 aromatic rings. The van der Waals surface area contributed by atoms with Gasteiger partial charge < -0.3 is 10.1 Å². The summed E-state index contributed by atoms with van der Waals surface area (Å²) in [6, 6.07) is 12.7. The largest absolute Gasteiger partial charge is 0.449 e. The molecule has 0 aliphatic carbocycles. The van der Waals surface area contributed by atoms with E-state index >= 15 is 0 Å². The summed E-state index contributed by atoms with van der Waals surface area (Å²) >= 11 is 0. The van der Waals surface area contributed by atoms with Gasteiger partial charge in [0.15, 0.2) is 6.10 Å². The van der Waals surface area contributed by atoms with Gasteiger partial charge in [0.25, 0.3) is 5.91 Å². The molecule has 1 amide bonds. The fourth-order valence-corrected chi connectivity index (χ4v) is 3.88. The van der Waals surface area contributed by atoms with Crippen molar-refractivity contribution in [3.63, 3.8) is 0 Å². The SMILES string of the molecule is Cc1ccc(NC(=O)[C@@H](C)OC(=O)c2cccc(S(=O)(=O)NC(C)(C)C)c2)cc1. The van der Waals surface area contributed by atoms with Crippen molar-refractivity contribution in [3.05, 3.63) is 59.7 Å². The summed E-state index contributed by atoms with van der Waals surface area (Å²) in [6.07, 6.45) is -1.06. The van der Waals surface area contributed by atoms with Crippen LogP contribution in [0.25, 0.3) is 0 Å². The monoisotopic (exact) mass is 418 g/mol. The average Bonchev–Trinajstić information content (AvgIpc) is 2.61. The van der Waals surface area contributed by atoms with Crippen molar-refractivity contribution in [1.82, 2.24) is 4.72 Å². The molecule has 0 heterocycles. The van der Waals surface area contributed by atoms with Crippen molar-refractivity contribution in [2.75, 3.05) is 5.32 Å². The van der Waals surface area contributed by atoms with Crippen LogP contribution in [0.3, 0.4) is 0 Å². The van der Waals surface area contributed by atoms with Crippen molar-refractivity contribution in [2.24, 2.45) is 0 Å². The summed E-state index contributed by atoms with van der Waals surface area (Å²) in [4.78, 5) is 24.6. The molecule has 0 unspecified atom stereocenters. The summed E-state index contributed by atoms with van der Waals surface area (Å²) in [7, 11) is -3.80. The first-order valence-corrected chi connectivity index (χ1v) is 10.6. The number of sulfonamides is 1. The Morgan fingerprint density at radius 3 is 2.24 bits per heavy atom. The smallest absolute Gasteiger partial charge is 0.338 e. The third-order valence-electron chi connectivity index (χ3n) is 3.79. The maximum atomic E-state index is 12.5. The molecule has 2 rings (SSSR count). The molecule has 8 heteroatoms. The maximum absolute atomic E-state index is 12.5. The van der Waals surface area contributed by atoms with E-state index in [1.54, 1.807) is 32.9 Å². The topological polar surface area (TPSA) is 102 Å². The van der Waals surface area contributed by atoms with Crippen molar-refractivity contribution >= 4 is 27.6 Å². The number of carbonyl (C=O) groups is 2. The minimum absolute atomic E-state index is 0.0387. The molecule has 0 aromatic heterocycles. The van der Waals surface area contributed by atoms with Gasteiger partial charge in [-0.3, -0.25) is 4.79 Å². The van der Waals surface area contributed by atoms with E-state index < -0.39 is 33.5 Å². The van der Waals surface area contributed by atoms with Crippen LogP contribution in [-0.2, 0) is 19.6 Å². The van der Waals surface area contributed by atoms with Crippen molar-refractivity contribution in [3.8, 4) is 0 Å². The summed E-state index contributed by atoms with van der Waals surface area (Å²) in [5, 5.41) is 2.67. The van der Waals surface area contributed by atoms with E-state index in [9.17, 15) is 18.0 Å². The van der Waals surface area contributed by atoms with Gasteiger partial charge in [-0.1, -0.05) is 23.8 Å². The van der Waals surface area contributed by atoms with E-state index in [4.69, 9.17) is 4.74 Å². The number of rotatable bonds is 6. The average molecular weight is 419 g/mol. The van der Waals surface area contributed by atoms with Crippen LogP contribution in [0, 0.1) is 6.92 Å². The summed E-state index contributed by atoms with van der Waals surface area (Å²) < 4.78 is 32.6. The summed E-state index contributed by atoms with van der Waals surface area (Å²) in [5.41, 5.74) is 1.01. The van der Waals surface area contributed by atoms with E-state index in [0.29, 0.717) is 5.69 Å². The lowest BCUT2D eigenvalue weighted by molar-refractivity contribution is -0.123. The standard InChI is InChI=1S/C21H26N2O5S/c1-14-9-11-17(12-10-14)22-19(24)15(2)28-20(25)16-7-6-8-18(13-16)29(26,27)23-21(3,4)5/h6-13,15,23H,1-5H3,(H,22,24)/t15-/m1/s1. The quantitative estimate of drug-likeness (QED) is 0.701. The number of nitrogens with one attached hydrogen (secondary N) is 2. The van der Waals surface area contributed by atoms with Gasteiger partial charge in [-0.2, -0.15) is 0 Å². The van der Waals surface area contributed by atoms with Crippen LogP contribution in [0.4, 0.5) is 5.69 Å². The molecule has 0 fully saturated rings. The first-order chi connectivity index (χ1) is 13.4. The molecule has 1 atom stereocenters. The second-order valence-corrected chi connectivity index (χ2v) is 9.47. The summed E-state index contributed by atoms with van der Waals surface area (Å²) in [5.74, 6) is -1.27. The Hall–Kier alpha value is -2.71. The summed E-state index contributed by atoms with van der Waals surface area (Å²) in [6.45, 7) is 8.54. The number of benzene rings is 2. The van der Waals surface area contributed by atoms with Crippen LogP contribution in [0.2, 0.25) is 0 Å². The first kappa shape index (κ1) is 22.6. The third kappa shape index (κ3) is 6.69. The van der Waals surface area contributed by atoms with Crippen LogP contribution in [0.1, 0.15) is 43.6 Å². The van der Waals surface area contributed by atoms with Crippen LogP contribution < -0.4 is 10.0 Å². The van der Waals surface area contributed by atoms with E-state index in [-0.39, 0.29) is 10.5 Å². The second kappa shape index (κ2) is 8.75. The minimum atomic E-state index is -3.80. The minimum Gasteiger partial charge on any atom is -0.449 e. The first-order valence-electron chi connectivity index (χ1n) is 9.10. The zero-order chi connectivity index (χ0) is 21.8. The van der Waals surface area contributed by atoms with Gasteiger partial charge in [0.1, 0.15) is 0 Å². The zero-order valence-corrected chi connectivity index (χ0v) is 18.0. The number of esters is 1. The lowest BCUT2D eigenvalue weighted by Crippen LogP contribution is -2.40. The van der Waals surface area contributed by atoms with E-state index in [1.165, 1.54) is 31.2 Å². The van der Waals surface area contributed by atoms with Crippen LogP contribution in [0.15, 0.2) is 53.4 Å². The van der Waals surface area contributed by atoms with Crippen LogP contribution in [-0.4, -0.2) is 31.9 Å². The molecule has 0 radical (unpaired) electrons. The lowest BCUT2D eigenvalue weighted by atomic mass is 10.1. The molecule has 0 spiro atoms. The van der Waals surface area contributed by atoms with Crippen molar-refractivity contribution in [1.29, 1.82) is 0 Å². The highest BCUT2D eigenvalue weighted by Gasteiger charge is 2.24. The number of hydrogen-bond acceptors (Lipinski definition) is 5. The third-order valence-corrected chi connectivity index (χ3v) is 5.55. The van der Waals surface area contributed by atoms with E-state index in [0.717, 1.165) is 5.56 Å². The second-order valence-electron chi connectivity index (χ2n) is 7.79.